The number of amides is 2. The van der Waals surface area contributed by atoms with Gasteiger partial charge in [0.2, 0.25) is 0 Å². The lowest BCUT2D eigenvalue weighted by molar-refractivity contribution is 0.0240. The first-order valence-electron chi connectivity index (χ1n) is 9.51. The highest BCUT2D eigenvalue weighted by atomic mass is 35.5. The quantitative estimate of drug-likeness (QED) is 0.770. The van der Waals surface area contributed by atoms with E-state index in [-0.39, 0.29) is 28.9 Å². The monoisotopic (exact) mass is 410 g/mol. The second-order valence-electron chi connectivity index (χ2n) is 7.99. The minimum absolute atomic E-state index is 0.0219. The fourth-order valence-electron chi connectivity index (χ4n) is 3.15. The molecular formula is C19H27ClN4O4. The largest absolute Gasteiger partial charge is 0.444 e. The van der Waals surface area contributed by atoms with E-state index in [9.17, 15) is 9.59 Å². The number of ether oxygens (including phenoxy) is 2. The Kier molecular flexibility index (Phi) is 6.30. The molecule has 8 nitrogen and oxygen atoms in total. The molecule has 2 aliphatic heterocycles. The zero-order valence-corrected chi connectivity index (χ0v) is 17.3. The number of nitrogens with zero attached hydrogens (tertiary/aromatic N) is 3. The van der Waals surface area contributed by atoms with Crippen LogP contribution in [0.4, 0.5) is 10.5 Å². The molecule has 1 atom stereocenters. The zero-order valence-electron chi connectivity index (χ0n) is 16.5. The Morgan fingerprint density at radius 1 is 1.25 bits per heavy atom. The minimum atomic E-state index is -0.511. The molecule has 0 spiro atoms. The van der Waals surface area contributed by atoms with Gasteiger partial charge in [-0.2, -0.15) is 0 Å². The fourth-order valence-corrected chi connectivity index (χ4v) is 3.43. The number of nitrogens with one attached hydrogen (secondary N) is 1. The summed E-state index contributed by atoms with van der Waals surface area (Å²) in [7, 11) is 0. The first kappa shape index (κ1) is 20.7. The van der Waals surface area contributed by atoms with Crippen molar-refractivity contribution in [3.8, 4) is 0 Å². The van der Waals surface area contributed by atoms with Crippen LogP contribution in [0.1, 0.15) is 37.7 Å². The second-order valence-corrected chi connectivity index (χ2v) is 8.35. The maximum Gasteiger partial charge on any atom is 0.410 e. The van der Waals surface area contributed by atoms with Crippen molar-refractivity contribution in [1.29, 1.82) is 0 Å². The SMILES string of the molecule is CC(C)(C)OC(=O)N1CCN(c2ccc(C(=O)N[C@@H]3CCOC3)nc2Cl)CC1. The molecule has 0 unspecified atom stereocenters. The van der Waals surface area contributed by atoms with Gasteiger partial charge in [-0.05, 0) is 39.3 Å². The van der Waals surface area contributed by atoms with Crippen LogP contribution in [-0.4, -0.2) is 72.9 Å². The van der Waals surface area contributed by atoms with Gasteiger partial charge in [0, 0.05) is 32.8 Å². The Bertz CT molecular complexity index is 723. The highest BCUT2D eigenvalue weighted by Crippen LogP contribution is 2.26. The van der Waals surface area contributed by atoms with Crippen molar-refractivity contribution in [2.75, 3.05) is 44.3 Å². The summed E-state index contributed by atoms with van der Waals surface area (Å²) >= 11 is 6.35. The summed E-state index contributed by atoms with van der Waals surface area (Å²) in [4.78, 5) is 32.5. The fraction of sp³-hybridized carbons (Fsp3) is 0.632. The van der Waals surface area contributed by atoms with Crippen LogP contribution in [-0.2, 0) is 9.47 Å². The summed E-state index contributed by atoms with van der Waals surface area (Å²) in [5, 5.41) is 3.18. The third-order valence-corrected chi connectivity index (χ3v) is 4.88. The standard InChI is InChI=1S/C19H27ClN4O4/c1-19(2,3)28-18(26)24-9-7-23(8-10-24)15-5-4-14(22-16(15)20)17(25)21-13-6-11-27-12-13/h4-5,13H,6-12H2,1-3H3,(H,21,25)/t13-/m1/s1. The van der Waals surface area contributed by atoms with Crippen molar-refractivity contribution >= 4 is 29.3 Å². The molecule has 2 saturated heterocycles. The van der Waals surface area contributed by atoms with Crippen LogP contribution in [0.5, 0.6) is 0 Å². The van der Waals surface area contributed by atoms with Crippen molar-refractivity contribution in [2.45, 2.75) is 38.8 Å². The van der Waals surface area contributed by atoms with E-state index in [4.69, 9.17) is 21.1 Å². The number of carbonyl (C=O) groups is 2. The van der Waals surface area contributed by atoms with Crippen molar-refractivity contribution in [1.82, 2.24) is 15.2 Å². The van der Waals surface area contributed by atoms with E-state index in [1.807, 2.05) is 20.8 Å². The van der Waals surface area contributed by atoms with Gasteiger partial charge in [-0.1, -0.05) is 11.6 Å². The maximum absolute atomic E-state index is 12.3. The van der Waals surface area contributed by atoms with E-state index in [0.717, 1.165) is 12.1 Å². The summed E-state index contributed by atoms with van der Waals surface area (Å²) in [6.45, 7) is 9.05. The van der Waals surface area contributed by atoms with Gasteiger partial charge in [0.1, 0.15) is 11.3 Å². The van der Waals surface area contributed by atoms with Gasteiger partial charge >= 0.3 is 6.09 Å². The third-order valence-electron chi connectivity index (χ3n) is 4.60. The maximum atomic E-state index is 12.3. The molecule has 28 heavy (non-hydrogen) atoms. The molecule has 1 N–H and O–H groups in total. The Morgan fingerprint density at radius 3 is 2.54 bits per heavy atom. The van der Waals surface area contributed by atoms with E-state index in [0.29, 0.717) is 39.4 Å². The van der Waals surface area contributed by atoms with E-state index >= 15 is 0 Å². The van der Waals surface area contributed by atoms with Gasteiger partial charge in [-0.3, -0.25) is 4.79 Å². The van der Waals surface area contributed by atoms with Gasteiger partial charge in [0.05, 0.1) is 18.3 Å². The number of halogens is 1. The number of rotatable bonds is 3. The van der Waals surface area contributed by atoms with Crippen molar-refractivity contribution < 1.29 is 19.1 Å². The highest BCUT2D eigenvalue weighted by molar-refractivity contribution is 6.32. The van der Waals surface area contributed by atoms with E-state index in [1.54, 1.807) is 17.0 Å². The van der Waals surface area contributed by atoms with Crippen LogP contribution >= 0.6 is 11.6 Å². The average Bonchev–Trinajstić information content (AvgIpc) is 3.13. The number of aromatic nitrogens is 1. The molecule has 0 radical (unpaired) electrons. The second kappa shape index (κ2) is 8.53. The summed E-state index contributed by atoms with van der Waals surface area (Å²) in [5.74, 6) is -0.251. The lowest BCUT2D eigenvalue weighted by Gasteiger charge is -2.36. The van der Waals surface area contributed by atoms with Crippen LogP contribution < -0.4 is 10.2 Å². The molecule has 3 heterocycles. The number of anilines is 1. The Balaban J connectivity index is 1.57. The van der Waals surface area contributed by atoms with Crippen molar-refractivity contribution in [3.63, 3.8) is 0 Å². The summed E-state index contributed by atoms with van der Waals surface area (Å²) in [6.07, 6.45) is 0.499. The molecule has 1 aromatic rings. The molecule has 9 heteroatoms. The number of hydrogen-bond donors (Lipinski definition) is 1. The summed E-state index contributed by atoms with van der Waals surface area (Å²) < 4.78 is 10.7. The normalized spacial score (nSPS) is 20.2. The molecule has 2 fully saturated rings. The van der Waals surface area contributed by atoms with Gasteiger partial charge in [0.25, 0.3) is 5.91 Å². The summed E-state index contributed by atoms with van der Waals surface area (Å²) in [6, 6.07) is 3.50. The third kappa shape index (κ3) is 5.26. The van der Waals surface area contributed by atoms with Crippen LogP contribution in [0.2, 0.25) is 5.15 Å². The Morgan fingerprint density at radius 2 is 1.96 bits per heavy atom. The van der Waals surface area contributed by atoms with Gasteiger partial charge < -0.3 is 24.6 Å². The van der Waals surface area contributed by atoms with Crippen LogP contribution in [0.15, 0.2) is 12.1 Å². The van der Waals surface area contributed by atoms with Crippen LogP contribution in [0, 0.1) is 0 Å². The van der Waals surface area contributed by atoms with Gasteiger partial charge in [-0.25, -0.2) is 9.78 Å². The van der Waals surface area contributed by atoms with E-state index in [2.05, 4.69) is 15.2 Å². The predicted octanol–water partition coefficient (Wildman–Crippen LogP) is 2.31. The molecule has 0 aromatic carbocycles. The molecule has 0 aliphatic carbocycles. The van der Waals surface area contributed by atoms with Crippen molar-refractivity contribution in [2.24, 2.45) is 0 Å². The Labute approximate surface area is 170 Å². The minimum Gasteiger partial charge on any atom is -0.444 e. The number of carbonyl (C=O) groups excluding carboxylic acids is 2. The molecule has 154 valence electrons. The lowest BCUT2D eigenvalue weighted by Crippen LogP contribution is -2.50. The molecular weight excluding hydrogens is 384 g/mol. The highest BCUT2D eigenvalue weighted by Gasteiger charge is 2.27. The molecule has 2 amide bonds. The van der Waals surface area contributed by atoms with Gasteiger partial charge in [0.15, 0.2) is 5.15 Å². The molecule has 0 bridgehead atoms. The molecule has 2 aliphatic rings. The van der Waals surface area contributed by atoms with E-state index in [1.165, 1.54) is 0 Å². The Hall–Kier alpha value is -2.06. The zero-order chi connectivity index (χ0) is 20.3. The van der Waals surface area contributed by atoms with Crippen LogP contribution in [0.3, 0.4) is 0 Å². The van der Waals surface area contributed by atoms with Crippen LogP contribution in [0.25, 0.3) is 0 Å². The lowest BCUT2D eigenvalue weighted by atomic mass is 10.2. The molecule has 1 aromatic heterocycles. The first-order valence-corrected chi connectivity index (χ1v) is 9.89. The van der Waals surface area contributed by atoms with E-state index < -0.39 is 5.60 Å². The van der Waals surface area contributed by atoms with Gasteiger partial charge in [-0.15, -0.1) is 0 Å². The molecule has 0 saturated carbocycles. The molecule has 3 rings (SSSR count). The number of pyridine rings is 1. The first-order chi connectivity index (χ1) is 13.2. The predicted molar refractivity (Wildman–Crippen MR) is 106 cm³/mol. The average molecular weight is 411 g/mol. The van der Waals surface area contributed by atoms with Crippen molar-refractivity contribution in [3.05, 3.63) is 23.0 Å². The topological polar surface area (TPSA) is 84.0 Å². The summed E-state index contributed by atoms with van der Waals surface area (Å²) in [5.41, 5.74) is 0.530. The number of hydrogen-bond acceptors (Lipinski definition) is 6. The smallest absolute Gasteiger partial charge is 0.410 e. The number of piperazine rings is 1.